The van der Waals surface area contributed by atoms with Crippen LogP contribution in [0.15, 0.2) is 77.2 Å². The van der Waals surface area contributed by atoms with Crippen LogP contribution in [-0.4, -0.2) is 11.9 Å². The second-order valence-corrected chi connectivity index (χ2v) is 5.79. The summed E-state index contributed by atoms with van der Waals surface area (Å²) in [7, 11) is 0. The molecule has 136 valence electrons. The highest BCUT2D eigenvalue weighted by molar-refractivity contribution is 6.02. The number of amides is 3. The molecule has 3 rings (SSSR count). The average Bonchev–Trinajstić information content (AvgIpc) is 3.08. The molecule has 0 aliphatic heterocycles. The maximum absolute atomic E-state index is 12.0. The molecule has 0 saturated heterocycles. The minimum absolute atomic E-state index is 0.272. The maximum Gasteiger partial charge on any atom is 0.323 e. The lowest BCUT2D eigenvalue weighted by Gasteiger charge is -2.08. The number of carbonyl (C=O) groups is 2. The molecule has 0 radical (unpaired) electrons. The summed E-state index contributed by atoms with van der Waals surface area (Å²) in [6.07, 6.45) is 3.00. The Morgan fingerprint density at radius 2 is 1.37 bits per heavy atom. The van der Waals surface area contributed by atoms with Gasteiger partial charge < -0.3 is 20.4 Å². The van der Waals surface area contributed by atoms with Crippen LogP contribution in [0.3, 0.4) is 0 Å². The van der Waals surface area contributed by atoms with E-state index in [1.54, 1.807) is 48.5 Å². The zero-order chi connectivity index (χ0) is 19.1. The Morgan fingerprint density at radius 3 is 1.96 bits per heavy atom. The summed E-state index contributed by atoms with van der Waals surface area (Å²) in [5, 5.41) is 8.21. The molecule has 0 atom stereocenters. The first kappa shape index (κ1) is 18.0. The predicted molar refractivity (Wildman–Crippen MR) is 107 cm³/mol. The largest absolute Gasteiger partial charge is 0.462 e. The lowest BCUT2D eigenvalue weighted by atomic mass is 10.2. The monoisotopic (exact) mass is 361 g/mol. The van der Waals surface area contributed by atoms with Crippen LogP contribution < -0.4 is 16.0 Å². The fourth-order valence-electron chi connectivity index (χ4n) is 2.34. The molecule has 6 nitrogen and oxygen atoms in total. The SMILES string of the molecule is Cc1ccc(C=CC(=O)Nc2ccc(NC(=O)Nc3ccccc3)cc2)o1. The van der Waals surface area contributed by atoms with Crippen molar-refractivity contribution in [2.45, 2.75) is 6.92 Å². The van der Waals surface area contributed by atoms with E-state index < -0.39 is 0 Å². The zero-order valence-electron chi connectivity index (χ0n) is 14.7. The van der Waals surface area contributed by atoms with Gasteiger partial charge in [-0.3, -0.25) is 4.79 Å². The van der Waals surface area contributed by atoms with E-state index >= 15 is 0 Å². The third-order valence-electron chi connectivity index (χ3n) is 3.60. The molecule has 0 fully saturated rings. The third-order valence-corrected chi connectivity index (χ3v) is 3.60. The van der Waals surface area contributed by atoms with Crippen LogP contribution >= 0.6 is 0 Å². The van der Waals surface area contributed by atoms with Crippen LogP contribution in [0.4, 0.5) is 21.9 Å². The molecule has 2 aromatic carbocycles. The van der Waals surface area contributed by atoms with Gasteiger partial charge in [-0.2, -0.15) is 0 Å². The van der Waals surface area contributed by atoms with E-state index in [0.29, 0.717) is 22.8 Å². The second kappa shape index (κ2) is 8.53. The van der Waals surface area contributed by atoms with Crippen LogP contribution in [0.1, 0.15) is 11.5 Å². The summed E-state index contributed by atoms with van der Waals surface area (Å²) in [4.78, 5) is 23.9. The standard InChI is InChI=1S/C21H19N3O3/c1-15-7-12-19(27-15)13-14-20(25)22-17-8-10-18(11-9-17)24-21(26)23-16-5-3-2-4-6-16/h2-14H,1H3,(H,22,25)(H2,23,24,26). The Kier molecular flexibility index (Phi) is 5.69. The van der Waals surface area contributed by atoms with Crippen molar-refractivity contribution in [3.8, 4) is 0 Å². The molecule has 27 heavy (non-hydrogen) atoms. The van der Waals surface area contributed by atoms with Gasteiger partial charge in [-0.25, -0.2) is 4.79 Å². The Morgan fingerprint density at radius 1 is 0.778 bits per heavy atom. The van der Waals surface area contributed by atoms with Gasteiger partial charge in [0.2, 0.25) is 5.91 Å². The van der Waals surface area contributed by atoms with Gasteiger partial charge in [0.05, 0.1) is 0 Å². The predicted octanol–water partition coefficient (Wildman–Crippen LogP) is 4.88. The van der Waals surface area contributed by atoms with Crippen LogP contribution in [-0.2, 0) is 4.79 Å². The highest BCUT2D eigenvalue weighted by atomic mass is 16.3. The Bertz CT molecular complexity index is 944. The number of furan rings is 1. The summed E-state index contributed by atoms with van der Waals surface area (Å²) in [6, 6.07) is 19.3. The van der Waals surface area contributed by atoms with E-state index in [1.807, 2.05) is 31.2 Å². The highest BCUT2D eigenvalue weighted by Crippen LogP contribution is 2.15. The van der Waals surface area contributed by atoms with E-state index in [4.69, 9.17) is 4.42 Å². The number of rotatable bonds is 5. The van der Waals surface area contributed by atoms with Crippen molar-refractivity contribution < 1.29 is 14.0 Å². The number of benzene rings is 2. The van der Waals surface area contributed by atoms with Crippen molar-refractivity contribution in [3.05, 3.63) is 84.3 Å². The van der Waals surface area contributed by atoms with Crippen molar-refractivity contribution in [1.82, 2.24) is 0 Å². The summed E-state index contributed by atoms with van der Waals surface area (Å²) in [6.45, 7) is 1.84. The van der Waals surface area contributed by atoms with E-state index in [0.717, 1.165) is 5.76 Å². The molecule has 1 aromatic heterocycles. The molecule has 3 aromatic rings. The smallest absolute Gasteiger partial charge is 0.323 e. The number of carbonyl (C=O) groups excluding carboxylic acids is 2. The third kappa shape index (κ3) is 5.61. The molecule has 0 aliphatic rings. The van der Waals surface area contributed by atoms with E-state index in [-0.39, 0.29) is 11.9 Å². The number of urea groups is 1. The minimum Gasteiger partial charge on any atom is -0.462 e. The molecule has 0 bridgehead atoms. The van der Waals surface area contributed by atoms with Gasteiger partial charge in [0.15, 0.2) is 0 Å². The Labute approximate surface area is 156 Å². The lowest BCUT2D eigenvalue weighted by molar-refractivity contribution is -0.111. The highest BCUT2D eigenvalue weighted by Gasteiger charge is 2.03. The van der Waals surface area contributed by atoms with E-state index in [9.17, 15) is 9.59 Å². The maximum atomic E-state index is 12.0. The van der Waals surface area contributed by atoms with Gasteiger partial charge in [0.1, 0.15) is 11.5 Å². The van der Waals surface area contributed by atoms with Gasteiger partial charge in [0, 0.05) is 23.1 Å². The summed E-state index contributed by atoms with van der Waals surface area (Å²) >= 11 is 0. The number of hydrogen-bond donors (Lipinski definition) is 3. The van der Waals surface area contributed by atoms with Crippen LogP contribution in [0, 0.1) is 6.92 Å². The molecule has 1 heterocycles. The van der Waals surface area contributed by atoms with Crippen molar-refractivity contribution in [1.29, 1.82) is 0 Å². The van der Waals surface area contributed by atoms with E-state index in [2.05, 4.69) is 16.0 Å². The van der Waals surface area contributed by atoms with Gasteiger partial charge in [-0.05, 0) is 61.5 Å². The Balaban J connectivity index is 1.51. The molecule has 3 amide bonds. The molecular formula is C21H19N3O3. The molecule has 3 N–H and O–H groups in total. The molecule has 0 unspecified atom stereocenters. The van der Waals surface area contributed by atoms with Crippen molar-refractivity contribution >= 4 is 35.1 Å². The quantitative estimate of drug-likeness (QED) is 0.566. The fraction of sp³-hybridized carbons (Fsp3) is 0.0476. The van der Waals surface area contributed by atoms with Gasteiger partial charge in [-0.1, -0.05) is 18.2 Å². The zero-order valence-corrected chi connectivity index (χ0v) is 14.7. The minimum atomic E-state index is -0.338. The molecular weight excluding hydrogens is 342 g/mol. The lowest BCUT2D eigenvalue weighted by Crippen LogP contribution is -2.19. The molecule has 0 spiro atoms. The number of hydrogen-bond acceptors (Lipinski definition) is 3. The van der Waals surface area contributed by atoms with Crippen molar-refractivity contribution in [2.24, 2.45) is 0 Å². The van der Waals surface area contributed by atoms with Gasteiger partial charge in [-0.15, -0.1) is 0 Å². The van der Waals surface area contributed by atoms with Gasteiger partial charge >= 0.3 is 6.03 Å². The number of para-hydroxylation sites is 1. The number of aryl methyl sites for hydroxylation is 1. The average molecular weight is 361 g/mol. The molecule has 6 heteroatoms. The van der Waals surface area contributed by atoms with E-state index in [1.165, 1.54) is 6.08 Å². The number of anilines is 3. The van der Waals surface area contributed by atoms with Crippen molar-refractivity contribution in [2.75, 3.05) is 16.0 Å². The Hall–Kier alpha value is -3.80. The van der Waals surface area contributed by atoms with Crippen molar-refractivity contribution in [3.63, 3.8) is 0 Å². The second-order valence-electron chi connectivity index (χ2n) is 5.79. The molecule has 0 saturated carbocycles. The van der Waals surface area contributed by atoms with Crippen LogP contribution in [0.2, 0.25) is 0 Å². The summed E-state index contributed by atoms with van der Waals surface area (Å²) in [5.74, 6) is 1.13. The first-order valence-electron chi connectivity index (χ1n) is 8.37. The normalized spacial score (nSPS) is 10.6. The van der Waals surface area contributed by atoms with Gasteiger partial charge in [0.25, 0.3) is 0 Å². The summed E-state index contributed by atoms with van der Waals surface area (Å²) in [5.41, 5.74) is 1.94. The summed E-state index contributed by atoms with van der Waals surface area (Å²) < 4.78 is 5.37. The number of nitrogens with one attached hydrogen (secondary N) is 3. The van der Waals surface area contributed by atoms with Crippen LogP contribution in [0.25, 0.3) is 6.08 Å². The topological polar surface area (TPSA) is 83.4 Å². The first-order chi connectivity index (χ1) is 13.1. The molecule has 0 aliphatic carbocycles. The van der Waals surface area contributed by atoms with Crippen LogP contribution in [0.5, 0.6) is 0 Å². The first-order valence-corrected chi connectivity index (χ1v) is 8.37. The fourth-order valence-corrected chi connectivity index (χ4v) is 2.34.